The van der Waals surface area contributed by atoms with Gasteiger partial charge in [0.2, 0.25) is 10.0 Å². The summed E-state index contributed by atoms with van der Waals surface area (Å²) in [6.07, 6.45) is -0.119. The van der Waals surface area contributed by atoms with E-state index in [1.807, 2.05) is 0 Å². The summed E-state index contributed by atoms with van der Waals surface area (Å²) in [6.45, 7) is 0. The van der Waals surface area contributed by atoms with Crippen molar-refractivity contribution >= 4 is 21.7 Å². The zero-order valence-corrected chi connectivity index (χ0v) is 13.4. The average Bonchev–Trinajstić information content (AvgIpc) is 2.55. The number of benzene rings is 2. The van der Waals surface area contributed by atoms with Crippen LogP contribution in [-0.4, -0.2) is 21.5 Å². The predicted octanol–water partition coefficient (Wildman–Crippen LogP) is 1.85. The number of carbonyl (C=O) groups is 1. The van der Waals surface area contributed by atoms with Crippen LogP contribution < -0.4 is 10.5 Å². The first-order valence-electron chi connectivity index (χ1n) is 6.92. The molecule has 6 nitrogen and oxygen atoms in total. The fourth-order valence-electron chi connectivity index (χ4n) is 2.06. The molecule has 0 heterocycles. The van der Waals surface area contributed by atoms with Crippen LogP contribution in [0.25, 0.3) is 0 Å². The summed E-state index contributed by atoms with van der Waals surface area (Å²) in [4.78, 5) is 11.7. The first-order valence-corrected chi connectivity index (χ1v) is 8.40. The highest BCUT2D eigenvalue weighted by Crippen LogP contribution is 2.22. The number of ether oxygens (including phenoxy) is 1. The highest BCUT2D eigenvalue weighted by atomic mass is 32.2. The molecule has 0 aliphatic rings. The molecule has 23 heavy (non-hydrogen) atoms. The van der Waals surface area contributed by atoms with Crippen LogP contribution in [0.2, 0.25) is 0 Å². The number of hydrogen-bond donors (Lipinski definition) is 2. The van der Waals surface area contributed by atoms with Crippen LogP contribution in [0.1, 0.15) is 18.0 Å². The van der Waals surface area contributed by atoms with Gasteiger partial charge < -0.3 is 10.5 Å². The van der Waals surface area contributed by atoms with Crippen LogP contribution in [0.4, 0.5) is 5.69 Å². The Hall–Kier alpha value is -2.38. The lowest BCUT2D eigenvalue weighted by atomic mass is 10.0. The molecule has 122 valence electrons. The number of hydrogen-bond acceptors (Lipinski definition) is 5. The Morgan fingerprint density at radius 2 is 1.74 bits per heavy atom. The zero-order valence-electron chi connectivity index (χ0n) is 12.6. The van der Waals surface area contributed by atoms with Crippen molar-refractivity contribution in [3.8, 4) is 0 Å². The van der Waals surface area contributed by atoms with Crippen molar-refractivity contribution in [3.05, 3.63) is 60.2 Å². The van der Waals surface area contributed by atoms with E-state index >= 15 is 0 Å². The minimum atomic E-state index is -3.76. The van der Waals surface area contributed by atoms with E-state index in [1.165, 1.54) is 19.2 Å². The van der Waals surface area contributed by atoms with Crippen LogP contribution in [0.3, 0.4) is 0 Å². The van der Waals surface area contributed by atoms with Gasteiger partial charge >= 0.3 is 5.97 Å². The molecule has 0 saturated heterocycles. The number of carbonyl (C=O) groups excluding carboxylic acids is 1. The number of nitrogens with two attached hydrogens (primary N) is 1. The molecule has 0 aromatic heterocycles. The van der Waals surface area contributed by atoms with E-state index in [0.717, 1.165) is 0 Å². The average molecular weight is 334 g/mol. The monoisotopic (exact) mass is 334 g/mol. The normalized spacial score (nSPS) is 12.6. The van der Waals surface area contributed by atoms with E-state index in [2.05, 4.69) is 9.46 Å². The van der Waals surface area contributed by atoms with Crippen molar-refractivity contribution in [1.29, 1.82) is 0 Å². The van der Waals surface area contributed by atoms with Crippen molar-refractivity contribution in [3.63, 3.8) is 0 Å². The maximum Gasteiger partial charge on any atom is 0.307 e. The standard InChI is InChI=1S/C16H18N2O4S/c1-22-16(19)11-15(12-7-9-13(17)10-8-12)18-23(20,21)14-5-3-2-4-6-14/h2-10,15,18H,11,17H2,1H3. The van der Waals surface area contributed by atoms with Crippen LogP contribution in [0.15, 0.2) is 59.5 Å². The number of anilines is 1. The molecule has 0 bridgehead atoms. The minimum absolute atomic E-state index is 0.119. The van der Waals surface area contributed by atoms with Gasteiger partial charge in [-0.3, -0.25) is 4.79 Å². The highest BCUT2D eigenvalue weighted by molar-refractivity contribution is 7.89. The molecule has 1 unspecified atom stereocenters. The molecule has 0 saturated carbocycles. The van der Waals surface area contributed by atoms with Gasteiger partial charge in [0.15, 0.2) is 0 Å². The summed E-state index contributed by atoms with van der Waals surface area (Å²) < 4.78 is 32.1. The SMILES string of the molecule is COC(=O)CC(NS(=O)(=O)c1ccccc1)c1ccc(N)cc1. The number of nitrogens with one attached hydrogen (secondary N) is 1. The molecular formula is C16H18N2O4S. The second-order valence-electron chi connectivity index (χ2n) is 4.93. The maximum atomic E-state index is 12.5. The molecule has 0 spiro atoms. The lowest BCUT2D eigenvalue weighted by Gasteiger charge is -2.18. The van der Waals surface area contributed by atoms with Crippen LogP contribution in [0.5, 0.6) is 0 Å². The molecule has 2 aromatic carbocycles. The highest BCUT2D eigenvalue weighted by Gasteiger charge is 2.23. The Morgan fingerprint density at radius 1 is 1.13 bits per heavy atom. The summed E-state index contributed by atoms with van der Waals surface area (Å²) in [7, 11) is -2.50. The number of methoxy groups -OCH3 is 1. The summed E-state index contributed by atoms with van der Waals surface area (Å²) in [5.74, 6) is -0.511. The van der Waals surface area contributed by atoms with Crippen LogP contribution >= 0.6 is 0 Å². The second kappa shape index (κ2) is 7.26. The Labute approximate surface area is 135 Å². The topological polar surface area (TPSA) is 98.5 Å². The van der Waals surface area contributed by atoms with Crippen LogP contribution in [0, 0.1) is 0 Å². The van der Waals surface area contributed by atoms with Crippen molar-refractivity contribution in [2.24, 2.45) is 0 Å². The quantitative estimate of drug-likeness (QED) is 0.620. The van der Waals surface area contributed by atoms with Crippen molar-refractivity contribution in [1.82, 2.24) is 4.72 Å². The van der Waals surface area contributed by atoms with E-state index in [4.69, 9.17) is 5.73 Å². The van der Waals surface area contributed by atoms with E-state index in [-0.39, 0.29) is 11.3 Å². The van der Waals surface area contributed by atoms with Crippen molar-refractivity contribution in [2.75, 3.05) is 12.8 Å². The first kappa shape index (κ1) is 17.0. The van der Waals surface area contributed by atoms with Gasteiger partial charge in [-0.25, -0.2) is 13.1 Å². The van der Waals surface area contributed by atoms with E-state index in [1.54, 1.807) is 42.5 Å². The third-order valence-electron chi connectivity index (χ3n) is 3.29. The second-order valence-corrected chi connectivity index (χ2v) is 6.65. The minimum Gasteiger partial charge on any atom is -0.469 e. The maximum absolute atomic E-state index is 12.5. The lowest BCUT2D eigenvalue weighted by Crippen LogP contribution is -2.30. The Balaban J connectivity index is 2.30. The molecule has 0 fully saturated rings. The number of esters is 1. The van der Waals surface area contributed by atoms with Gasteiger partial charge in [0.1, 0.15) is 0 Å². The largest absolute Gasteiger partial charge is 0.469 e. The van der Waals surface area contributed by atoms with Gasteiger partial charge in [-0.15, -0.1) is 0 Å². The molecule has 0 amide bonds. The smallest absolute Gasteiger partial charge is 0.307 e. The number of sulfonamides is 1. The van der Waals surface area contributed by atoms with Gasteiger partial charge in [0, 0.05) is 5.69 Å². The van der Waals surface area contributed by atoms with E-state index in [9.17, 15) is 13.2 Å². The number of rotatable bonds is 6. The van der Waals surface area contributed by atoms with Crippen molar-refractivity contribution < 1.29 is 17.9 Å². The molecule has 3 N–H and O–H groups in total. The molecule has 2 rings (SSSR count). The molecule has 1 atom stereocenters. The van der Waals surface area contributed by atoms with Crippen LogP contribution in [-0.2, 0) is 19.6 Å². The van der Waals surface area contributed by atoms with Gasteiger partial charge in [-0.1, -0.05) is 30.3 Å². The Morgan fingerprint density at radius 3 is 2.30 bits per heavy atom. The van der Waals surface area contributed by atoms with E-state index < -0.39 is 22.0 Å². The first-order chi connectivity index (χ1) is 10.9. The molecule has 0 aliphatic heterocycles. The number of nitrogen functional groups attached to an aromatic ring is 1. The van der Waals surface area contributed by atoms with Gasteiger partial charge in [0.25, 0.3) is 0 Å². The Kier molecular flexibility index (Phi) is 5.36. The third kappa shape index (κ3) is 4.54. The summed E-state index contributed by atoms with van der Waals surface area (Å²) in [5.41, 5.74) is 6.82. The fourth-order valence-corrected chi connectivity index (χ4v) is 3.31. The predicted molar refractivity (Wildman–Crippen MR) is 87.0 cm³/mol. The third-order valence-corrected chi connectivity index (χ3v) is 4.78. The lowest BCUT2D eigenvalue weighted by molar-refractivity contribution is -0.141. The molecule has 2 aromatic rings. The molecule has 0 aliphatic carbocycles. The molecular weight excluding hydrogens is 316 g/mol. The van der Waals surface area contributed by atoms with E-state index in [0.29, 0.717) is 11.3 Å². The summed E-state index contributed by atoms with van der Waals surface area (Å²) in [5, 5.41) is 0. The fraction of sp³-hybridized carbons (Fsp3) is 0.188. The van der Waals surface area contributed by atoms with Gasteiger partial charge in [-0.05, 0) is 29.8 Å². The summed E-state index contributed by atoms with van der Waals surface area (Å²) >= 11 is 0. The zero-order chi connectivity index (χ0) is 16.9. The van der Waals surface area contributed by atoms with Gasteiger partial charge in [0.05, 0.1) is 24.5 Å². The van der Waals surface area contributed by atoms with Crippen molar-refractivity contribution in [2.45, 2.75) is 17.4 Å². The Bertz CT molecular complexity index is 758. The molecule has 7 heteroatoms. The molecule has 0 radical (unpaired) electrons. The van der Waals surface area contributed by atoms with Gasteiger partial charge in [-0.2, -0.15) is 0 Å². The summed E-state index contributed by atoms with van der Waals surface area (Å²) in [6, 6.07) is 13.9.